The van der Waals surface area contributed by atoms with Gasteiger partial charge in [-0.15, -0.1) is 0 Å². The van der Waals surface area contributed by atoms with Crippen molar-refractivity contribution in [3.63, 3.8) is 0 Å². The van der Waals surface area contributed by atoms with Crippen molar-refractivity contribution in [1.29, 1.82) is 0 Å². The van der Waals surface area contributed by atoms with Crippen LogP contribution in [-0.4, -0.2) is 41.2 Å². The predicted molar refractivity (Wildman–Crippen MR) is 100 cm³/mol. The fourth-order valence-corrected chi connectivity index (χ4v) is 2.98. The summed E-state index contributed by atoms with van der Waals surface area (Å²) in [4.78, 5) is 49.1. The third-order valence-electron chi connectivity index (χ3n) is 4.49. The number of rotatable bonds is 4. The van der Waals surface area contributed by atoms with Crippen LogP contribution in [0.3, 0.4) is 0 Å². The van der Waals surface area contributed by atoms with Gasteiger partial charge in [0.05, 0.1) is 29.5 Å². The van der Waals surface area contributed by atoms with Crippen molar-refractivity contribution < 1.29 is 9.53 Å². The van der Waals surface area contributed by atoms with Crippen LogP contribution < -0.4 is 11.2 Å². The average Bonchev–Trinajstić information content (AvgIpc) is 3.14. The number of carbonyl (C=O) groups is 1. The van der Waals surface area contributed by atoms with Crippen LogP contribution in [0.1, 0.15) is 10.4 Å². The lowest BCUT2D eigenvalue weighted by Gasteiger charge is -2.08. The summed E-state index contributed by atoms with van der Waals surface area (Å²) in [5, 5.41) is 0. The molecule has 0 aliphatic carbocycles. The summed E-state index contributed by atoms with van der Waals surface area (Å²) in [5.41, 5.74) is 1.31. The van der Waals surface area contributed by atoms with Crippen LogP contribution in [0, 0.1) is 0 Å². The predicted octanol–water partition coefficient (Wildman–Crippen LogP) is 0.234. The van der Waals surface area contributed by atoms with Crippen LogP contribution in [0.15, 0.2) is 46.5 Å². The summed E-state index contributed by atoms with van der Waals surface area (Å²) < 4.78 is 9.19. The highest BCUT2D eigenvalue weighted by atomic mass is 16.5. The molecule has 0 spiro atoms. The second-order valence-corrected chi connectivity index (χ2v) is 6.21. The monoisotopic (exact) mass is 380 g/mol. The van der Waals surface area contributed by atoms with Crippen molar-refractivity contribution >= 4 is 28.2 Å². The van der Waals surface area contributed by atoms with Crippen molar-refractivity contribution in [2.24, 2.45) is 14.1 Å². The number of aromatic nitrogens is 6. The highest BCUT2D eigenvalue weighted by molar-refractivity contribution is 5.93. The van der Waals surface area contributed by atoms with E-state index in [1.54, 1.807) is 42.2 Å². The molecule has 0 amide bonds. The second-order valence-electron chi connectivity index (χ2n) is 6.21. The topological polar surface area (TPSA) is 114 Å². The van der Waals surface area contributed by atoms with Gasteiger partial charge < -0.3 is 9.30 Å². The zero-order valence-electron chi connectivity index (χ0n) is 15.2. The Labute approximate surface area is 157 Å². The number of aryl methyl sites for hydroxylation is 1. The lowest BCUT2D eigenvalue weighted by atomic mass is 10.2. The average molecular weight is 380 g/mol. The molecule has 0 atom stereocenters. The molecule has 28 heavy (non-hydrogen) atoms. The Kier molecular flexibility index (Phi) is 4.22. The van der Waals surface area contributed by atoms with Gasteiger partial charge >= 0.3 is 11.7 Å². The summed E-state index contributed by atoms with van der Waals surface area (Å²) in [5.74, 6) is -0.503. The highest BCUT2D eigenvalue weighted by Crippen LogP contribution is 2.12. The number of nitrogens with zero attached hydrogens (tertiary/aromatic N) is 6. The van der Waals surface area contributed by atoms with Gasteiger partial charge in [-0.3, -0.25) is 23.9 Å². The van der Waals surface area contributed by atoms with Crippen molar-refractivity contribution in [3.05, 3.63) is 63.3 Å². The van der Waals surface area contributed by atoms with Gasteiger partial charge in [0.25, 0.3) is 5.56 Å². The number of fused-ring (bicyclic) bond motifs is 2. The number of ether oxygens (including phenoxy) is 1. The van der Waals surface area contributed by atoms with Gasteiger partial charge in [0.2, 0.25) is 0 Å². The first-order valence-electron chi connectivity index (χ1n) is 8.46. The van der Waals surface area contributed by atoms with E-state index in [1.807, 2.05) is 0 Å². The standard InChI is InChI=1S/C18H16N6O4/c1-22-15-14(16(25)23(2)18(22)27)24(10-21-15)7-8-28-17(26)11-3-4-12-13(9-11)20-6-5-19-12/h3-6,9-10H,7-8H2,1-2H3. The summed E-state index contributed by atoms with van der Waals surface area (Å²) >= 11 is 0. The van der Waals surface area contributed by atoms with E-state index in [-0.39, 0.29) is 24.3 Å². The molecular formula is C18H16N6O4. The Morgan fingerprint density at radius 3 is 2.57 bits per heavy atom. The highest BCUT2D eigenvalue weighted by Gasteiger charge is 2.15. The molecule has 0 N–H and O–H groups in total. The molecular weight excluding hydrogens is 364 g/mol. The third kappa shape index (κ3) is 2.84. The number of esters is 1. The number of carbonyl (C=O) groups excluding carboxylic acids is 1. The minimum absolute atomic E-state index is 0.0365. The zero-order chi connectivity index (χ0) is 19.8. The number of hydrogen-bond donors (Lipinski definition) is 0. The number of imidazole rings is 1. The zero-order valence-corrected chi connectivity index (χ0v) is 15.2. The van der Waals surface area contributed by atoms with E-state index in [1.165, 1.54) is 17.9 Å². The summed E-state index contributed by atoms with van der Waals surface area (Å²) in [6.45, 7) is 0.262. The molecule has 3 aromatic heterocycles. The SMILES string of the molecule is Cn1c(=O)c2c(ncn2CCOC(=O)c2ccc3nccnc3c2)n(C)c1=O. The quantitative estimate of drug-likeness (QED) is 0.466. The Bertz CT molecular complexity index is 1330. The molecule has 10 heteroatoms. The number of benzene rings is 1. The molecule has 0 unspecified atom stereocenters. The first-order valence-corrected chi connectivity index (χ1v) is 8.46. The molecule has 3 heterocycles. The van der Waals surface area contributed by atoms with Crippen LogP contribution in [0.25, 0.3) is 22.2 Å². The van der Waals surface area contributed by atoms with Gasteiger partial charge in [-0.05, 0) is 18.2 Å². The molecule has 0 radical (unpaired) electrons. The van der Waals surface area contributed by atoms with Crippen molar-refractivity contribution in [3.8, 4) is 0 Å². The van der Waals surface area contributed by atoms with Crippen LogP contribution in [0.5, 0.6) is 0 Å². The summed E-state index contributed by atoms with van der Waals surface area (Å²) in [7, 11) is 2.95. The minimum Gasteiger partial charge on any atom is -0.460 e. The normalized spacial score (nSPS) is 11.2. The van der Waals surface area contributed by atoms with E-state index in [4.69, 9.17) is 4.74 Å². The molecule has 0 saturated carbocycles. The Hall–Kier alpha value is -3.82. The first-order chi connectivity index (χ1) is 13.5. The van der Waals surface area contributed by atoms with Gasteiger partial charge in [-0.1, -0.05) is 0 Å². The lowest BCUT2D eigenvalue weighted by molar-refractivity contribution is 0.0492. The Balaban J connectivity index is 1.53. The molecule has 142 valence electrons. The van der Waals surface area contributed by atoms with Gasteiger partial charge in [0, 0.05) is 26.5 Å². The van der Waals surface area contributed by atoms with Crippen molar-refractivity contribution in [2.45, 2.75) is 6.54 Å². The van der Waals surface area contributed by atoms with Gasteiger partial charge in [0.15, 0.2) is 11.2 Å². The maximum atomic E-state index is 12.4. The smallest absolute Gasteiger partial charge is 0.338 e. The summed E-state index contributed by atoms with van der Waals surface area (Å²) in [6, 6.07) is 4.94. The first kappa shape index (κ1) is 17.6. The van der Waals surface area contributed by atoms with Crippen LogP contribution in [0.4, 0.5) is 0 Å². The number of hydrogen-bond acceptors (Lipinski definition) is 7. The van der Waals surface area contributed by atoms with Gasteiger partial charge in [-0.25, -0.2) is 14.6 Å². The van der Waals surface area contributed by atoms with E-state index in [2.05, 4.69) is 15.0 Å². The molecule has 0 saturated heterocycles. The third-order valence-corrected chi connectivity index (χ3v) is 4.49. The molecule has 0 fully saturated rings. The lowest BCUT2D eigenvalue weighted by Crippen LogP contribution is -2.37. The van der Waals surface area contributed by atoms with Crippen molar-refractivity contribution in [2.75, 3.05) is 6.61 Å². The maximum Gasteiger partial charge on any atom is 0.338 e. The molecule has 10 nitrogen and oxygen atoms in total. The molecule has 0 bridgehead atoms. The van der Waals surface area contributed by atoms with E-state index < -0.39 is 17.2 Å². The Morgan fingerprint density at radius 2 is 1.79 bits per heavy atom. The van der Waals surface area contributed by atoms with Crippen LogP contribution >= 0.6 is 0 Å². The molecule has 4 rings (SSSR count). The van der Waals surface area contributed by atoms with E-state index in [0.29, 0.717) is 16.6 Å². The maximum absolute atomic E-state index is 12.4. The van der Waals surface area contributed by atoms with E-state index in [0.717, 1.165) is 4.57 Å². The summed E-state index contributed by atoms with van der Waals surface area (Å²) in [6.07, 6.45) is 4.58. The molecule has 4 aromatic rings. The minimum atomic E-state index is -0.503. The largest absolute Gasteiger partial charge is 0.460 e. The van der Waals surface area contributed by atoms with Gasteiger partial charge in [0.1, 0.15) is 6.61 Å². The van der Waals surface area contributed by atoms with Crippen molar-refractivity contribution in [1.82, 2.24) is 28.7 Å². The molecule has 1 aromatic carbocycles. The molecule has 0 aliphatic heterocycles. The Morgan fingerprint density at radius 1 is 1.04 bits per heavy atom. The fraction of sp³-hybridized carbons (Fsp3) is 0.222. The van der Waals surface area contributed by atoms with Crippen LogP contribution in [0.2, 0.25) is 0 Å². The van der Waals surface area contributed by atoms with Gasteiger partial charge in [-0.2, -0.15) is 0 Å². The van der Waals surface area contributed by atoms with E-state index in [9.17, 15) is 14.4 Å². The fourth-order valence-electron chi connectivity index (χ4n) is 2.98. The van der Waals surface area contributed by atoms with E-state index >= 15 is 0 Å². The molecule has 0 aliphatic rings. The van der Waals surface area contributed by atoms with Crippen LogP contribution in [-0.2, 0) is 25.4 Å². The second kappa shape index (κ2) is 6.72.